The summed E-state index contributed by atoms with van der Waals surface area (Å²) >= 11 is 0. The normalized spacial score (nSPS) is 16.0. The molecule has 1 aromatic heterocycles. The zero-order valence-electron chi connectivity index (χ0n) is 17.2. The first-order valence-corrected chi connectivity index (χ1v) is 9.18. The average Bonchev–Trinajstić information content (AvgIpc) is 2.87. The SMILES string of the molecule is C=C=C=C=C=C=C=C=C=C=C=Cc1cc(O)n(C2CC(C)(C)NC(C)(C)C2)c1O. The third-order valence-corrected chi connectivity index (χ3v) is 4.38. The minimum absolute atomic E-state index is 0.00449. The highest BCUT2D eigenvalue weighted by molar-refractivity contribution is 5.57. The first-order valence-electron chi connectivity index (χ1n) is 9.18. The Morgan fingerprint density at radius 3 is 2.03 bits per heavy atom. The van der Waals surface area contributed by atoms with E-state index in [2.05, 4.69) is 96.9 Å². The Balaban J connectivity index is 2.40. The fourth-order valence-electron chi connectivity index (χ4n) is 3.82. The highest BCUT2D eigenvalue weighted by Gasteiger charge is 2.39. The molecule has 0 radical (unpaired) electrons. The Kier molecular flexibility index (Phi) is 6.76. The van der Waals surface area contributed by atoms with Crippen molar-refractivity contribution in [3.63, 3.8) is 0 Å². The zero-order chi connectivity index (χ0) is 21.5. The molecule has 0 bridgehead atoms. The van der Waals surface area contributed by atoms with E-state index in [-0.39, 0.29) is 28.9 Å². The van der Waals surface area contributed by atoms with E-state index in [4.69, 9.17) is 0 Å². The van der Waals surface area contributed by atoms with E-state index in [1.54, 1.807) is 4.57 Å². The number of nitrogens with zero attached hydrogens (tertiary/aromatic N) is 1. The van der Waals surface area contributed by atoms with E-state index in [1.807, 2.05) is 0 Å². The molecule has 0 aliphatic carbocycles. The standard InChI is InChI=1S/C25H24N2O2/c1-6-7-8-9-10-11-12-13-14-15-16-20-17-22(28)27(23(20)29)21-18-24(2,3)26-25(4,5)19-21/h16-17,21,26,28-29H,1,18-19H2,2-5H3. The second kappa shape index (κ2) is 9.05. The van der Waals surface area contributed by atoms with Crippen LogP contribution in [0.1, 0.15) is 52.1 Å². The summed E-state index contributed by atoms with van der Waals surface area (Å²) in [5.74, 6) is 0.0276. The molecular formula is C25H24N2O2. The van der Waals surface area contributed by atoms with Crippen molar-refractivity contribution in [3.8, 4) is 11.8 Å². The largest absolute Gasteiger partial charge is 0.494 e. The van der Waals surface area contributed by atoms with Crippen LogP contribution >= 0.6 is 0 Å². The van der Waals surface area contributed by atoms with Crippen LogP contribution < -0.4 is 5.32 Å². The van der Waals surface area contributed by atoms with Gasteiger partial charge in [-0.1, -0.05) is 11.5 Å². The highest BCUT2D eigenvalue weighted by atomic mass is 16.3. The van der Waals surface area contributed by atoms with E-state index in [1.165, 1.54) is 12.1 Å². The van der Waals surface area contributed by atoms with Crippen LogP contribution in [0.4, 0.5) is 0 Å². The molecule has 1 fully saturated rings. The molecule has 146 valence electrons. The van der Waals surface area contributed by atoms with Gasteiger partial charge in [-0.05, 0) is 93.0 Å². The lowest BCUT2D eigenvalue weighted by molar-refractivity contribution is 0.123. The number of hydrogen-bond acceptors (Lipinski definition) is 3. The molecule has 3 N–H and O–H groups in total. The van der Waals surface area contributed by atoms with Crippen molar-refractivity contribution >= 4 is 6.08 Å². The summed E-state index contributed by atoms with van der Waals surface area (Å²) in [6.45, 7) is 11.8. The van der Waals surface area contributed by atoms with Gasteiger partial charge in [-0.25, -0.2) is 0 Å². The van der Waals surface area contributed by atoms with Crippen LogP contribution in [-0.2, 0) is 0 Å². The second-order valence-corrected chi connectivity index (χ2v) is 8.07. The summed E-state index contributed by atoms with van der Waals surface area (Å²) in [7, 11) is 0. The molecular weight excluding hydrogens is 360 g/mol. The Morgan fingerprint density at radius 2 is 1.48 bits per heavy atom. The van der Waals surface area contributed by atoms with Crippen LogP contribution in [0.25, 0.3) is 6.08 Å². The molecule has 4 nitrogen and oxygen atoms in total. The summed E-state index contributed by atoms with van der Waals surface area (Å²) in [5.41, 5.74) is 25.7. The molecule has 0 saturated carbocycles. The van der Waals surface area contributed by atoms with E-state index in [0.717, 1.165) is 12.8 Å². The summed E-state index contributed by atoms with van der Waals surface area (Å²) in [6.07, 6.45) is 3.09. The smallest absolute Gasteiger partial charge is 0.202 e. The van der Waals surface area contributed by atoms with Crippen molar-refractivity contribution in [2.75, 3.05) is 0 Å². The maximum atomic E-state index is 10.6. The predicted molar refractivity (Wildman–Crippen MR) is 113 cm³/mol. The van der Waals surface area contributed by atoms with Gasteiger partial charge in [-0.3, -0.25) is 4.57 Å². The molecule has 0 spiro atoms. The fraction of sp³-hybridized carbons (Fsp3) is 0.360. The van der Waals surface area contributed by atoms with Crippen molar-refractivity contribution in [2.45, 2.75) is 57.7 Å². The third-order valence-electron chi connectivity index (χ3n) is 4.38. The molecule has 0 atom stereocenters. The van der Waals surface area contributed by atoms with Crippen molar-refractivity contribution < 1.29 is 10.2 Å². The van der Waals surface area contributed by atoms with Crippen LogP contribution in [0, 0.1) is 0 Å². The highest BCUT2D eigenvalue weighted by Crippen LogP contribution is 2.42. The lowest BCUT2D eigenvalue weighted by Gasteiger charge is -2.47. The fourth-order valence-corrected chi connectivity index (χ4v) is 3.82. The van der Waals surface area contributed by atoms with Gasteiger partial charge in [-0.2, -0.15) is 0 Å². The second-order valence-electron chi connectivity index (χ2n) is 8.07. The van der Waals surface area contributed by atoms with Gasteiger partial charge in [-0.15, -0.1) is 0 Å². The molecule has 1 aliphatic rings. The molecule has 0 aromatic carbocycles. The molecule has 29 heavy (non-hydrogen) atoms. The topological polar surface area (TPSA) is 57.4 Å². The summed E-state index contributed by atoms with van der Waals surface area (Å²) in [6, 6.07) is 1.49. The zero-order valence-corrected chi connectivity index (χ0v) is 17.2. The van der Waals surface area contributed by atoms with Gasteiger partial charge in [0.15, 0.2) is 5.88 Å². The predicted octanol–water partition coefficient (Wildman–Crippen LogP) is 4.58. The van der Waals surface area contributed by atoms with Gasteiger partial charge in [0.2, 0.25) is 5.88 Å². The summed E-state index contributed by atoms with van der Waals surface area (Å²) in [5, 5.41) is 24.6. The number of piperidine rings is 1. The minimum atomic E-state index is -0.111. The third kappa shape index (κ3) is 6.20. The number of hydrogen-bond donors (Lipinski definition) is 3. The molecule has 1 aliphatic heterocycles. The number of aromatic hydroxyl groups is 2. The summed E-state index contributed by atoms with van der Waals surface area (Å²) < 4.78 is 1.59. The molecule has 2 rings (SSSR count). The Morgan fingerprint density at radius 1 is 0.966 bits per heavy atom. The van der Waals surface area contributed by atoms with Crippen LogP contribution in [0.5, 0.6) is 11.8 Å². The lowest BCUT2D eigenvalue weighted by Crippen LogP contribution is -2.57. The van der Waals surface area contributed by atoms with Crippen molar-refractivity contribution in [3.05, 3.63) is 75.5 Å². The maximum Gasteiger partial charge on any atom is 0.202 e. The summed E-state index contributed by atoms with van der Waals surface area (Å²) in [4.78, 5) is 0. The molecule has 4 heteroatoms. The van der Waals surface area contributed by atoms with E-state index >= 15 is 0 Å². The van der Waals surface area contributed by atoms with Gasteiger partial charge >= 0.3 is 0 Å². The van der Waals surface area contributed by atoms with Gasteiger partial charge in [0.25, 0.3) is 0 Å². The Bertz CT molecular complexity index is 1160. The molecule has 0 amide bonds. The Labute approximate surface area is 171 Å². The van der Waals surface area contributed by atoms with Crippen LogP contribution in [-0.4, -0.2) is 25.9 Å². The minimum Gasteiger partial charge on any atom is -0.494 e. The Hall–Kier alpha value is -3.62. The molecule has 1 saturated heterocycles. The van der Waals surface area contributed by atoms with Crippen LogP contribution in [0.3, 0.4) is 0 Å². The first kappa shape index (κ1) is 21.7. The van der Waals surface area contributed by atoms with E-state index < -0.39 is 0 Å². The number of nitrogens with one attached hydrogen (secondary N) is 1. The van der Waals surface area contributed by atoms with Gasteiger partial charge in [0.1, 0.15) is 0 Å². The van der Waals surface area contributed by atoms with Gasteiger partial charge < -0.3 is 15.5 Å². The van der Waals surface area contributed by atoms with Crippen molar-refractivity contribution in [1.82, 2.24) is 9.88 Å². The van der Waals surface area contributed by atoms with E-state index in [0.29, 0.717) is 5.56 Å². The van der Waals surface area contributed by atoms with Gasteiger partial charge in [0.05, 0.1) is 0 Å². The van der Waals surface area contributed by atoms with Gasteiger partial charge in [0, 0.05) is 34.8 Å². The number of aromatic nitrogens is 1. The maximum absolute atomic E-state index is 10.6. The van der Waals surface area contributed by atoms with Crippen LogP contribution in [0.15, 0.2) is 70.0 Å². The average molecular weight is 384 g/mol. The first-order chi connectivity index (χ1) is 13.7. The van der Waals surface area contributed by atoms with E-state index in [9.17, 15) is 10.2 Å². The van der Waals surface area contributed by atoms with Crippen molar-refractivity contribution in [1.29, 1.82) is 0 Å². The van der Waals surface area contributed by atoms with Crippen molar-refractivity contribution in [2.24, 2.45) is 0 Å². The quantitative estimate of drug-likeness (QED) is 0.655. The number of rotatable bonds is 2. The monoisotopic (exact) mass is 384 g/mol. The molecule has 1 aromatic rings. The lowest BCUT2D eigenvalue weighted by atomic mass is 9.79. The molecule has 2 heterocycles. The molecule has 0 unspecified atom stereocenters. The van der Waals surface area contributed by atoms with Crippen LogP contribution in [0.2, 0.25) is 0 Å².